The standard InChI is InChI=1S/C12H19N3O3/c1-8-6-15(5-4-10(8)16)7-9-2-3-11(18-9)12(17)14-13/h2-3,8,10,16H,4-7,13H2,1H3,(H,14,17). The Kier molecular flexibility index (Phi) is 4.00. The maximum atomic E-state index is 11.2. The topological polar surface area (TPSA) is 91.7 Å². The van der Waals surface area contributed by atoms with Crippen LogP contribution >= 0.6 is 0 Å². The summed E-state index contributed by atoms with van der Waals surface area (Å²) in [6, 6.07) is 3.39. The van der Waals surface area contributed by atoms with Gasteiger partial charge in [0, 0.05) is 13.1 Å². The quantitative estimate of drug-likeness (QED) is 0.403. The fourth-order valence-electron chi connectivity index (χ4n) is 2.24. The van der Waals surface area contributed by atoms with E-state index < -0.39 is 5.91 Å². The number of nitrogens with one attached hydrogen (secondary N) is 1. The average Bonchev–Trinajstić information content (AvgIpc) is 2.81. The van der Waals surface area contributed by atoms with Crippen molar-refractivity contribution in [1.29, 1.82) is 0 Å². The van der Waals surface area contributed by atoms with Crippen molar-refractivity contribution in [3.8, 4) is 0 Å². The number of likely N-dealkylation sites (tertiary alicyclic amines) is 1. The van der Waals surface area contributed by atoms with Gasteiger partial charge in [0.05, 0.1) is 12.6 Å². The Bertz CT molecular complexity index is 418. The van der Waals surface area contributed by atoms with Crippen LogP contribution in [0.15, 0.2) is 16.5 Å². The lowest BCUT2D eigenvalue weighted by Gasteiger charge is -2.33. The Morgan fingerprint density at radius 3 is 3.11 bits per heavy atom. The van der Waals surface area contributed by atoms with Crippen LogP contribution < -0.4 is 11.3 Å². The van der Waals surface area contributed by atoms with Gasteiger partial charge in [0.15, 0.2) is 5.76 Å². The van der Waals surface area contributed by atoms with Gasteiger partial charge in [0.25, 0.3) is 0 Å². The summed E-state index contributed by atoms with van der Waals surface area (Å²) < 4.78 is 5.40. The zero-order valence-electron chi connectivity index (χ0n) is 10.4. The molecule has 100 valence electrons. The highest BCUT2D eigenvalue weighted by Gasteiger charge is 2.24. The molecule has 2 atom stereocenters. The fourth-order valence-corrected chi connectivity index (χ4v) is 2.24. The maximum absolute atomic E-state index is 11.2. The molecular formula is C12H19N3O3. The third kappa shape index (κ3) is 2.90. The van der Waals surface area contributed by atoms with Crippen LogP contribution in [-0.4, -0.2) is 35.1 Å². The monoisotopic (exact) mass is 253 g/mol. The van der Waals surface area contributed by atoms with Crippen LogP contribution in [0.1, 0.15) is 29.7 Å². The Labute approximate surface area is 106 Å². The van der Waals surface area contributed by atoms with Gasteiger partial charge in [-0.15, -0.1) is 0 Å². The molecule has 6 heteroatoms. The van der Waals surface area contributed by atoms with E-state index in [9.17, 15) is 9.90 Å². The average molecular weight is 253 g/mol. The minimum absolute atomic E-state index is 0.212. The minimum atomic E-state index is -0.427. The van der Waals surface area contributed by atoms with Crippen molar-refractivity contribution in [1.82, 2.24) is 10.3 Å². The minimum Gasteiger partial charge on any atom is -0.455 e. The number of carbonyl (C=O) groups is 1. The number of hydrogen-bond donors (Lipinski definition) is 3. The van der Waals surface area contributed by atoms with Crippen molar-refractivity contribution in [2.45, 2.75) is 26.0 Å². The number of nitrogens with zero attached hydrogens (tertiary/aromatic N) is 1. The lowest BCUT2D eigenvalue weighted by molar-refractivity contribution is 0.0295. The predicted octanol–water partition coefficient (Wildman–Crippen LogP) is 0.0858. The Morgan fingerprint density at radius 1 is 1.67 bits per heavy atom. The summed E-state index contributed by atoms with van der Waals surface area (Å²) >= 11 is 0. The highest BCUT2D eigenvalue weighted by molar-refractivity contribution is 5.90. The summed E-state index contributed by atoms with van der Waals surface area (Å²) in [5.41, 5.74) is 2.03. The molecule has 4 N–H and O–H groups in total. The molecule has 1 aliphatic heterocycles. The van der Waals surface area contributed by atoms with Crippen LogP contribution in [0.4, 0.5) is 0 Å². The van der Waals surface area contributed by atoms with E-state index in [0.717, 1.165) is 25.3 Å². The number of rotatable bonds is 3. The van der Waals surface area contributed by atoms with Crippen molar-refractivity contribution in [3.63, 3.8) is 0 Å². The SMILES string of the molecule is CC1CN(Cc2ccc(C(=O)NN)o2)CCC1O. The molecular weight excluding hydrogens is 234 g/mol. The summed E-state index contributed by atoms with van der Waals surface area (Å²) in [4.78, 5) is 13.4. The van der Waals surface area contributed by atoms with Crippen LogP contribution in [0, 0.1) is 5.92 Å². The van der Waals surface area contributed by atoms with Gasteiger partial charge in [-0.1, -0.05) is 6.92 Å². The number of hydrazine groups is 1. The summed E-state index contributed by atoms with van der Waals surface area (Å²) in [5, 5.41) is 9.65. The second-order valence-electron chi connectivity index (χ2n) is 4.81. The molecule has 1 aromatic rings. The molecule has 1 fully saturated rings. The van der Waals surface area contributed by atoms with Gasteiger partial charge < -0.3 is 9.52 Å². The van der Waals surface area contributed by atoms with E-state index >= 15 is 0 Å². The van der Waals surface area contributed by atoms with E-state index in [4.69, 9.17) is 10.3 Å². The first-order valence-electron chi connectivity index (χ1n) is 6.10. The number of carbonyl (C=O) groups excluding carboxylic acids is 1. The first-order chi connectivity index (χ1) is 8.60. The number of nitrogens with two attached hydrogens (primary N) is 1. The molecule has 1 aliphatic rings. The highest BCUT2D eigenvalue weighted by atomic mass is 16.4. The van der Waals surface area contributed by atoms with E-state index in [-0.39, 0.29) is 17.8 Å². The highest BCUT2D eigenvalue weighted by Crippen LogP contribution is 2.19. The second-order valence-corrected chi connectivity index (χ2v) is 4.81. The molecule has 0 aliphatic carbocycles. The fraction of sp³-hybridized carbons (Fsp3) is 0.583. The molecule has 1 aromatic heterocycles. The Hall–Kier alpha value is -1.37. The lowest BCUT2D eigenvalue weighted by Crippen LogP contribution is -2.41. The number of piperidine rings is 1. The van der Waals surface area contributed by atoms with Gasteiger partial charge in [-0.3, -0.25) is 15.1 Å². The molecule has 2 rings (SSSR count). The Morgan fingerprint density at radius 2 is 2.44 bits per heavy atom. The first-order valence-corrected chi connectivity index (χ1v) is 6.10. The smallest absolute Gasteiger partial charge is 0.300 e. The number of aliphatic hydroxyl groups excluding tert-OH is 1. The normalized spacial score (nSPS) is 25.1. The summed E-state index contributed by atoms with van der Waals surface area (Å²) in [6.45, 7) is 4.35. The number of hydrogen-bond acceptors (Lipinski definition) is 5. The Balaban J connectivity index is 1.93. The van der Waals surface area contributed by atoms with Crippen molar-refractivity contribution < 1.29 is 14.3 Å². The third-order valence-corrected chi connectivity index (χ3v) is 3.34. The van der Waals surface area contributed by atoms with Crippen LogP contribution in [0.2, 0.25) is 0 Å². The van der Waals surface area contributed by atoms with Gasteiger partial charge in [0.2, 0.25) is 0 Å². The third-order valence-electron chi connectivity index (χ3n) is 3.34. The largest absolute Gasteiger partial charge is 0.455 e. The molecule has 2 heterocycles. The molecule has 0 spiro atoms. The van der Waals surface area contributed by atoms with Gasteiger partial charge in [-0.2, -0.15) is 0 Å². The van der Waals surface area contributed by atoms with Crippen LogP contribution in [-0.2, 0) is 6.54 Å². The molecule has 0 saturated carbocycles. The number of furan rings is 1. The van der Waals surface area contributed by atoms with E-state index in [0.29, 0.717) is 6.54 Å². The molecule has 0 radical (unpaired) electrons. The van der Waals surface area contributed by atoms with Crippen molar-refractivity contribution in [2.75, 3.05) is 13.1 Å². The number of aliphatic hydroxyl groups is 1. The van der Waals surface area contributed by atoms with Crippen molar-refractivity contribution in [2.24, 2.45) is 11.8 Å². The molecule has 2 unspecified atom stereocenters. The van der Waals surface area contributed by atoms with Gasteiger partial charge >= 0.3 is 5.91 Å². The second kappa shape index (κ2) is 5.51. The molecule has 18 heavy (non-hydrogen) atoms. The van der Waals surface area contributed by atoms with Crippen molar-refractivity contribution >= 4 is 5.91 Å². The zero-order chi connectivity index (χ0) is 13.1. The molecule has 0 aromatic carbocycles. The van der Waals surface area contributed by atoms with Gasteiger partial charge in [-0.25, -0.2) is 5.84 Å². The molecule has 1 amide bonds. The molecule has 0 bridgehead atoms. The van der Waals surface area contributed by atoms with Crippen LogP contribution in [0.3, 0.4) is 0 Å². The van der Waals surface area contributed by atoms with Crippen LogP contribution in [0.5, 0.6) is 0 Å². The van der Waals surface area contributed by atoms with Crippen molar-refractivity contribution in [3.05, 3.63) is 23.7 Å². The van der Waals surface area contributed by atoms with E-state index in [1.165, 1.54) is 0 Å². The summed E-state index contributed by atoms with van der Waals surface area (Å²) in [6.07, 6.45) is 0.564. The number of amides is 1. The van der Waals surface area contributed by atoms with Gasteiger partial charge in [0.1, 0.15) is 5.76 Å². The van der Waals surface area contributed by atoms with Crippen LogP contribution in [0.25, 0.3) is 0 Å². The predicted molar refractivity (Wildman–Crippen MR) is 65.4 cm³/mol. The van der Waals surface area contributed by atoms with E-state index in [1.54, 1.807) is 12.1 Å². The zero-order valence-corrected chi connectivity index (χ0v) is 10.4. The summed E-state index contributed by atoms with van der Waals surface area (Å²) in [5.74, 6) is 5.82. The van der Waals surface area contributed by atoms with E-state index in [1.807, 2.05) is 12.3 Å². The molecule has 6 nitrogen and oxygen atoms in total. The summed E-state index contributed by atoms with van der Waals surface area (Å²) in [7, 11) is 0. The van der Waals surface area contributed by atoms with Gasteiger partial charge in [-0.05, 0) is 24.5 Å². The first kappa shape index (κ1) is 13.1. The maximum Gasteiger partial charge on any atom is 0.300 e. The lowest BCUT2D eigenvalue weighted by atomic mass is 9.97. The molecule has 1 saturated heterocycles. The van der Waals surface area contributed by atoms with E-state index in [2.05, 4.69) is 4.90 Å². The number of nitrogen functional groups attached to an aromatic ring is 1.